The van der Waals surface area contributed by atoms with E-state index in [1.165, 1.54) is 51.7 Å². The highest BCUT2D eigenvalue weighted by Gasteiger charge is 2.28. The lowest BCUT2D eigenvalue weighted by Gasteiger charge is -2.37. The van der Waals surface area contributed by atoms with Crippen LogP contribution in [-0.2, 0) is 0 Å². The van der Waals surface area contributed by atoms with Gasteiger partial charge in [0.15, 0.2) is 0 Å². The molecule has 0 amide bonds. The summed E-state index contributed by atoms with van der Waals surface area (Å²) < 4.78 is 0. The van der Waals surface area contributed by atoms with Crippen molar-refractivity contribution in [2.45, 2.75) is 57.2 Å². The van der Waals surface area contributed by atoms with Crippen LogP contribution in [0.2, 0.25) is 0 Å². The Morgan fingerprint density at radius 2 is 2.00 bits per heavy atom. The number of piperidine rings is 1. The van der Waals surface area contributed by atoms with Crippen molar-refractivity contribution in [2.24, 2.45) is 0 Å². The van der Waals surface area contributed by atoms with Crippen LogP contribution in [0.5, 0.6) is 0 Å². The number of hydrogen-bond acceptors (Lipinski definition) is 3. The van der Waals surface area contributed by atoms with E-state index in [0.717, 1.165) is 18.1 Å². The van der Waals surface area contributed by atoms with Gasteiger partial charge in [-0.2, -0.15) is 0 Å². The lowest BCUT2D eigenvalue weighted by molar-refractivity contribution is 0.133. The van der Waals surface area contributed by atoms with E-state index in [1.54, 1.807) is 0 Å². The SMILES string of the molecule is CC(CCN(C)C)N1CCCC(NC2CC2)C1. The fraction of sp³-hybridized carbons (Fsp3) is 1.00. The normalized spacial score (nSPS) is 28.6. The van der Waals surface area contributed by atoms with E-state index in [-0.39, 0.29) is 0 Å². The predicted octanol–water partition coefficient (Wildman–Crippen LogP) is 1.54. The Hall–Kier alpha value is -0.120. The summed E-state index contributed by atoms with van der Waals surface area (Å²) in [6, 6.07) is 2.36. The summed E-state index contributed by atoms with van der Waals surface area (Å²) in [7, 11) is 4.33. The lowest BCUT2D eigenvalue weighted by Crippen LogP contribution is -2.49. The Morgan fingerprint density at radius 1 is 1.24 bits per heavy atom. The van der Waals surface area contributed by atoms with Gasteiger partial charge in [-0.15, -0.1) is 0 Å². The van der Waals surface area contributed by atoms with Crippen molar-refractivity contribution >= 4 is 0 Å². The Morgan fingerprint density at radius 3 is 2.65 bits per heavy atom. The van der Waals surface area contributed by atoms with Gasteiger partial charge in [-0.3, -0.25) is 4.90 Å². The van der Waals surface area contributed by atoms with Crippen LogP contribution in [0.25, 0.3) is 0 Å². The number of nitrogens with one attached hydrogen (secondary N) is 1. The largest absolute Gasteiger partial charge is 0.310 e. The average Bonchev–Trinajstić information content (AvgIpc) is 3.10. The van der Waals surface area contributed by atoms with E-state index in [4.69, 9.17) is 0 Å². The summed E-state index contributed by atoms with van der Waals surface area (Å²) in [5.74, 6) is 0. The van der Waals surface area contributed by atoms with E-state index in [1.807, 2.05) is 0 Å². The van der Waals surface area contributed by atoms with Gasteiger partial charge in [0.25, 0.3) is 0 Å². The van der Waals surface area contributed by atoms with E-state index in [9.17, 15) is 0 Å². The summed E-state index contributed by atoms with van der Waals surface area (Å²) in [4.78, 5) is 4.98. The topological polar surface area (TPSA) is 18.5 Å². The molecule has 1 N–H and O–H groups in total. The monoisotopic (exact) mass is 239 g/mol. The highest BCUT2D eigenvalue weighted by Crippen LogP contribution is 2.22. The van der Waals surface area contributed by atoms with Crippen molar-refractivity contribution in [2.75, 3.05) is 33.7 Å². The molecular formula is C14H29N3. The van der Waals surface area contributed by atoms with Gasteiger partial charge in [-0.25, -0.2) is 0 Å². The maximum absolute atomic E-state index is 3.79. The molecule has 1 heterocycles. The van der Waals surface area contributed by atoms with Crippen LogP contribution < -0.4 is 5.32 Å². The van der Waals surface area contributed by atoms with Crippen molar-refractivity contribution in [1.29, 1.82) is 0 Å². The fourth-order valence-electron chi connectivity index (χ4n) is 2.75. The van der Waals surface area contributed by atoms with Crippen LogP contribution >= 0.6 is 0 Å². The first-order valence-corrected chi connectivity index (χ1v) is 7.30. The molecule has 1 saturated carbocycles. The molecular weight excluding hydrogens is 210 g/mol. The minimum absolute atomic E-state index is 0.737. The van der Waals surface area contributed by atoms with Crippen LogP contribution in [-0.4, -0.2) is 61.7 Å². The molecule has 0 aromatic carbocycles. The molecule has 2 aliphatic rings. The third-order valence-corrected chi connectivity index (χ3v) is 4.12. The van der Waals surface area contributed by atoms with Gasteiger partial charge in [0.05, 0.1) is 0 Å². The molecule has 2 atom stereocenters. The van der Waals surface area contributed by atoms with Gasteiger partial charge in [-0.1, -0.05) is 0 Å². The third-order valence-electron chi connectivity index (χ3n) is 4.12. The quantitative estimate of drug-likeness (QED) is 0.758. The van der Waals surface area contributed by atoms with Crippen molar-refractivity contribution in [3.63, 3.8) is 0 Å². The molecule has 0 spiro atoms. The lowest BCUT2D eigenvalue weighted by atomic mass is 10.0. The summed E-state index contributed by atoms with van der Waals surface area (Å²) in [6.07, 6.45) is 6.87. The summed E-state index contributed by atoms with van der Waals surface area (Å²) in [6.45, 7) is 6.17. The molecule has 2 unspecified atom stereocenters. The Labute approximate surface area is 107 Å². The van der Waals surface area contributed by atoms with Gasteiger partial charge in [0.1, 0.15) is 0 Å². The fourth-order valence-corrected chi connectivity index (χ4v) is 2.75. The van der Waals surface area contributed by atoms with Crippen molar-refractivity contribution in [3.05, 3.63) is 0 Å². The van der Waals surface area contributed by atoms with Crippen molar-refractivity contribution in [1.82, 2.24) is 15.1 Å². The minimum atomic E-state index is 0.737. The molecule has 3 heteroatoms. The molecule has 2 fully saturated rings. The Bertz CT molecular complexity index is 226. The van der Waals surface area contributed by atoms with Gasteiger partial charge >= 0.3 is 0 Å². The second kappa shape index (κ2) is 6.17. The maximum Gasteiger partial charge on any atom is 0.0198 e. The molecule has 1 aliphatic carbocycles. The molecule has 1 aliphatic heterocycles. The first kappa shape index (κ1) is 13.3. The number of hydrogen-bond donors (Lipinski definition) is 1. The number of rotatable bonds is 6. The summed E-state index contributed by atoms with van der Waals surface area (Å²) in [5, 5.41) is 3.79. The number of likely N-dealkylation sites (tertiary alicyclic amines) is 1. The van der Waals surface area contributed by atoms with E-state index >= 15 is 0 Å². The standard InChI is InChI=1S/C14H29N3/c1-12(8-10-16(2)3)17-9-4-5-14(11-17)15-13-6-7-13/h12-15H,4-11H2,1-3H3. The molecule has 1 saturated heterocycles. The number of nitrogens with zero attached hydrogens (tertiary/aromatic N) is 2. The van der Waals surface area contributed by atoms with Crippen molar-refractivity contribution < 1.29 is 0 Å². The minimum Gasteiger partial charge on any atom is -0.310 e. The molecule has 100 valence electrons. The van der Waals surface area contributed by atoms with E-state index < -0.39 is 0 Å². The first-order chi connectivity index (χ1) is 8.15. The molecule has 0 bridgehead atoms. The zero-order valence-corrected chi connectivity index (χ0v) is 11.8. The summed E-state index contributed by atoms with van der Waals surface area (Å²) in [5.41, 5.74) is 0. The van der Waals surface area contributed by atoms with E-state index in [0.29, 0.717) is 0 Å². The van der Waals surface area contributed by atoms with E-state index in [2.05, 4.69) is 36.1 Å². The molecule has 3 nitrogen and oxygen atoms in total. The molecule has 0 aromatic rings. The molecule has 17 heavy (non-hydrogen) atoms. The average molecular weight is 239 g/mol. The highest BCUT2D eigenvalue weighted by molar-refractivity contribution is 4.89. The smallest absolute Gasteiger partial charge is 0.0198 e. The Balaban J connectivity index is 1.71. The second-order valence-electron chi connectivity index (χ2n) is 6.22. The van der Waals surface area contributed by atoms with Gasteiger partial charge < -0.3 is 10.2 Å². The van der Waals surface area contributed by atoms with Crippen LogP contribution in [0.1, 0.15) is 39.0 Å². The highest BCUT2D eigenvalue weighted by atomic mass is 15.2. The zero-order valence-electron chi connectivity index (χ0n) is 11.8. The van der Waals surface area contributed by atoms with Gasteiger partial charge in [0.2, 0.25) is 0 Å². The maximum atomic E-state index is 3.79. The van der Waals surface area contributed by atoms with Crippen LogP contribution in [0, 0.1) is 0 Å². The van der Waals surface area contributed by atoms with Crippen molar-refractivity contribution in [3.8, 4) is 0 Å². The van der Waals surface area contributed by atoms with Crippen LogP contribution in [0.3, 0.4) is 0 Å². The molecule has 0 radical (unpaired) electrons. The zero-order chi connectivity index (χ0) is 12.3. The second-order valence-corrected chi connectivity index (χ2v) is 6.22. The first-order valence-electron chi connectivity index (χ1n) is 7.30. The molecule has 0 aromatic heterocycles. The molecule has 2 rings (SSSR count). The summed E-state index contributed by atoms with van der Waals surface area (Å²) >= 11 is 0. The predicted molar refractivity (Wildman–Crippen MR) is 73.4 cm³/mol. The third kappa shape index (κ3) is 4.57. The van der Waals surface area contributed by atoms with Gasteiger partial charge in [-0.05, 0) is 66.2 Å². The van der Waals surface area contributed by atoms with Crippen LogP contribution in [0.15, 0.2) is 0 Å². The Kier molecular flexibility index (Phi) is 4.83. The van der Waals surface area contributed by atoms with Gasteiger partial charge in [0, 0.05) is 24.7 Å². The van der Waals surface area contributed by atoms with Crippen LogP contribution in [0.4, 0.5) is 0 Å².